The highest BCUT2D eigenvalue weighted by Crippen LogP contribution is 2.32. The zero-order chi connectivity index (χ0) is 14.1. The second-order valence-electron chi connectivity index (χ2n) is 5.55. The van der Waals surface area contributed by atoms with Gasteiger partial charge in [-0.25, -0.2) is 4.79 Å². The fourth-order valence-corrected chi connectivity index (χ4v) is 3.26. The van der Waals surface area contributed by atoms with Crippen molar-refractivity contribution >= 4 is 18.9 Å². The summed E-state index contributed by atoms with van der Waals surface area (Å²) < 4.78 is 7.37. The van der Waals surface area contributed by atoms with Gasteiger partial charge in [-0.15, -0.1) is 0 Å². The van der Waals surface area contributed by atoms with Crippen LogP contribution in [0.25, 0.3) is 0 Å². The van der Waals surface area contributed by atoms with Gasteiger partial charge in [0.25, 0.3) is 0 Å². The smallest absolute Gasteiger partial charge is 0.414 e. The molecule has 3 rings (SSSR count). The zero-order valence-corrected chi connectivity index (χ0v) is 12.6. The van der Waals surface area contributed by atoms with Gasteiger partial charge in [0.1, 0.15) is 6.61 Å². The topological polar surface area (TPSA) is 32.8 Å². The van der Waals surface area contributed by atoms with Crippen LogP contribution in [-0.4, -0.2) is 41.0 Å². The Balaban J connectivity index is 1.86. The summed E-state index contributed by atoms with van der Waals surface area (Å²) in [5.41, 5.74) is 3.39. The van der Waals surface area contributed by atoms with E-state index in [-0.39, 0.29) is 12.1 Å². The minimum atomic E-state index is -0.203. The molecule has 0 aromatic carbocycles. The van der Waals surface area contributed by atoms with E-state index in [1.54, 1.807) is 0 Å². The number of thiol groups is 1. The third-order valence-corrected chi connectivity index (χ3v) is 4.50. The van der Waals surface area contributed by atoms with Crippen LogP contribution in [0.2, 0.25) is 0 Å². The van der Waals surface area contributed by atoms with Crippen molar-refractivity contribution in [3.63, 3.8) is 0 Å². The summed E-state index contributed by atoms with van der Waals surface area (Å²) in [7, 11) is 0. The molecule has 0 aromatic rings. The molecular formula is C15H20N2O2S. The lowest BCUT2D eigenvalue weighted by atomic mass is 10.0. The third-order valence-electron chi connectivity index (χ3n) is 4.10. The van der Waals surface area contributed by atoms with Gasteiger partial charge in [0, 0.05) is 24.7 Å². The number of ether oxygens (including phenoxy) is 1. The number of hydrogen-bond donors (Lipinski definition) is 1. The van der Waals surface area contributed by atoms with Crippen LogP contribution in [0.3, 0.4) is 0 Å². The molecule has 4 nitrogen and oxygen atoms in total. The van der Waals surface area contributed by atoms with Crippen molar-refractivity contribution in [3.8, 4) is 0 Å². The van der Waals surface area contributed by atoms with Crippen molar-refractivity contribution in [1.82, 2.24) is 9.21 Å². The number of hydrogen-bond acceptors (Lipinski definition) is 4. The Morgan fingerprint density at radius 3 is 2.80 bits per heavy atom. The van der Waals surface area contributed by atoms with E-state index in [1.165, 1.54) is 5.57 Å². The van der Waals surface area contributed by atoms with Crippen LogP contribution in [0.5, 0.6) is 0 Å². The Morgan fingerprint density at radius 2 is 2.05 bits per heavy atom. The number of allylic oxidation sites excluding steroid dienone is 4. The van der Waals surface area contributed by atoms with Crippen LogP contribution >= 0.6 is 12.8 Å². The molecule has 3 aliphatic rings. The van der Waals surface area contributed by atoms with Crippen LogP contribution in [0.15, 0.2) is 35.1 Å². The molecule has 0 radical (unpaired) electrons. The lowest BCUT2D eigenvalue weighted by molar-refractivity contribution is 0.0826. The van der Waals surface area contributed by atoms with Gasteiger partial charge in [0.2, 0.25) is 0 Å². The van der Waals surface area contributed by atoms with Crippen molar-refractivity contribution in [2.24, 2.45) is 0 Å². The van der Waals surface area contributed by atoms with Crippen LogP contribution in [0.1, 0.15) is 26.2 Å². The van der Waals surface area contributed by atoms with Crippen molar-refractivity contribution in [1.29, 1.82) is 0 Å². The molecule has 0 saturated carbocycles. The van der Waals surface area contributed by atoms with E-state index in [4.69, 9.17) is 4.74 Å². The maximum Gasteiger partial charge on any atom is 0.414 e. The molecule has 1 aliphatic carbocycles. The summed E-state index contributed by atoms with van der Waals surface area (Å²) in [6, 6.07) is 0.222. The predicted octanol–water partition coefficient (Wildman–Crippen LogP) is 2.91. The molecule has 0 N–H and O–H groups in total. The summed E-state index contributed by atoms with van der Waals surface area (Å²) in [5, 5.41) is 0. The quantitative estimate of drug-likeness (QED) is 0.754. The lowest BCUT2D eigenvalue weighted by Crippen LogP contribution is -2.48. The lowest BCUT2D eigenvalue weighted by Gasteiger charge is -2.40. The first-order valence-corrected chi connectivity index (χ1v) is 7.53. The first-order valence-electron chi connectivity index (χ1n) is 7.13. The van der Waals surface area contributed by atoms with E-state index in [9.17, 15) is 4.79 Å². The SMILES string of the molecule is CC1=CCC=C2C(=C1)COC(=O)N2C1CCN(S)CC1. The molecule has 0 bridgehead atoms. The number of amides is 1. The minimum Gasteiger partial charge on any atom is -0.444 e. The maximum atomic E-state index is 12.2. The molecule has 2 fully saturated rings. The van der Waals surface area contributed by atoms with E-state index >= 15 is 0 Å². The Hall–Kier alpha value is -1.20. The molecule has 5 heteroatoms. The average Bonchev–Trinajstić information content (AvgIpc) is 2.61. The van der Waals surface area contributed by atoms with E-state index < -0.39 is 0 Å². The number of carbonyl (C=O) groups is 1. The van der Waals surface area contributed by atoms with E-state index in [1.807, 2.05) is 9.21 Å². The van der Waals surface area contributed by atoms with Crippen LogP contribution in [-0.2, 0) is 4.74 Å². The molecule has 2 heterocycles. The van der Waals surface area contributed by atoms with Gasteiger partial charge in [0.05, 0.1) is 5.70 Å². The largest absolute Gasteiger partial charge is 0.444 e. The molecular weight excluding hydrogens is 272 g/mol. The standard InChI is InChI=1S/C15H20N2O2S/c1-11-3-2-4-14-12(9-11)10-19-15(18)17(14)13-5-7-16(20)8-6-13/h3-4,9,13,20H,2,5-8,10H2,1H3. The summed E-state index contributed by atoms with van der Waals surface area (Å²) in [5.74, 6) is 0. The summed E-state index contributed by atoms with van der Waals surface area (Å²) >= 11 is 4.37. The van der Waals surface area contributed by atoms with Crippen LogP contribution in [0, 0.1) is 0 Å². The van der Waals surface area contributed by atoms with Gasteiger partial charge in [-0.1, -0.05) is 36.6 Å². The van der Waals surface area contributed by atoms with Gasteiger partial charge in [-0.05, 0) is 26.2 Å². The highest BCUT2D eigenvalue weighted by atomic mass is 32.1. The number of piperidine rings is 1. The number of cyclic esters (lactones) is 1. The minimum absolute atomic E-state index is 0.203. The van der Waals surface area contributed by atoms with Gasteiger partial charge in [-0.3, -0.25) is 9.21 Å². The predicted molar refractivity (Wildman–Crippen MR) is 81.3 cm³/mol. The van der Waals surface area contributed by atoms with Crippen LogP contribution in [0.4, 0.5) is 4.79 Å². The molecule has 0 unspecified atom stereocenters. The second-order valence-corrected chi connectivity index (χ2v) is 6.12. The van der Waals surface area contributed by atoms with Gasteiger partial charge in [0.15, 0.2) is 0 Å². The van der Waals surface area contributed by atoms with E-state index in [0.717, 1.165) is 43.6 Å². The number of nitrogens with zero attached hydrogens (tertiary/aromatic N) is 2. The first kappa shape index (κ1) is 13.8. The monoisotopic (exact) mass is 292 g/mol. The Labute approximate surface area is 125 Å². The molecule has 2 saturated heterocycles. The van der Waals surface area contributed by atoms with Gasteiger partial charge >= 0.3 is 6.09 Å². The molecule has 1 amide bonds. The molecule has 20 heavy (non-hydrogen) atoms. The highest BCUT2D eigenvalue weighted by molar-refractivity contribution is 7.77. The molecule has 2 aliphatic heterocycles. The van der Waals surface area contributed by atoms with Gasteiger partial charge in [-0.2, -0.15) is 0 Å². The molecule has 0 aromatic heterocycles. The Bertz CT molecular complexity index is 502. The normalized spacial score (nSPS) is 25.2. The zero-order valence-electron chi connectivity index (χ0n) is 11.7. The van der Waals surface area contributed by atoms with Crippen LogP contribution < -0.4 is 0 Å². The Kier molecular flexibility index (Phi) is 3.89. The fourth-order valence-electron chi connectivity index (χ4n) is 3.03. The van der Waals surface area contributed by atoms with E-state index in [0.29, 0.717) is 6.61 Å². The number of rotatable bonds is 1. The number of carbonyl (C=O) groups excluding carboxylic acids is 1. The summed E-state index contributed by atoms with van der Waals surface area (Å²) in [4.78, 5) is 14.1. The fraction of sp³-hybridized carbons (Fsp3) is 0.533. The molecule has 108 valence electrons. The van der Waals surface area contributed by atoms with Crippen molar-refractivity contribution in [2.75, 3.05) is 19.7 Å². The van der Waals surface area contributed by atoms with Crippen molar-refractivity contribution < 1.29 is 9.53 Å². The summed E-state index contributed by atoms with van der Waals surface area (Å²) in [6.07, 6.45) is 9.01. The molecule has 0 atom stereocenters. The van der Waals surface area contributed by atoms with Crippen molar-refractivity contribution in [2.45, 2.75) is 32.2 Å². The maximum absolute atomic E-state index is 12.2. The average molecular weight is 292 g/mol. The second kappa shape index (κ2) is 5.66. The van der Waals surface area contributed by atoms with Crippen molar-refractivity contribution in [3.05, 3.63) is 35.1 Å². The Morgan fingerprint density at radius 1 is 1.30 bits per heavy atom. The molecule has 0 spiro atoms. The number of fused-ring (bicyclic) bond motifs is 1. The van der Waals surface area contributed by atoms with Gasteiger partial charge < -0.3 is 4.74 Å². The van der Waals surface area contributed by atoms with E-state index in [2.05, 4.69) is 38.0 Å². The highest BCUT2D eigenvalue weighted by Gasteiger charge is 2.35. The summed E-state index contributed by atoms with van der Waals surface area (Å²) in [6.45, 7) is 4.28. The first-order chi connectivity index (χ1) is 9.65. The third kappa shape index (κ3) is 2.65.